The molecule has 3 aromatic rings. The molecule has 0 atom stereocenters. The maximum Gasteiger partial charge on any atom is 0.293 e. The molecule has 0 N–H and O–H groups in total. The second kappa shape index (κ2) is 10.9. The molecule has 0 aliphatic carbocycles. The van der Waals surface area contributed by atoms with E-state index in [1.54, 1.807) is 30.3 Å². The lowest BCUT2D eigenvalue weighted by molar-refractivity contribution is -0.123. The number of nitrogens with zero attached hydrogens (tertiary/aromatic N) is 1. The topological polar surface area (TPSA) is 55.8 Å². The van der Waals surface area contributed by atoms with E-state index in [0.29, 0.717) is 33.6 Å². The van der Waals surface area contributed by atoms with E-state index in [1.165, 1.54) is 4.90 Å². The van der Waals surface area contributed by atoms with Gasteiger partial charge < -0.3 is 9.47 Å². The molecule has 1 fully saturated rings. The molecule has 0 bridgehead atoms. The molecule has 0 aromatic heterocycles. The highest BCUT2D eigenvalue weighted by Gasteiger charge is 2.35. The summed E-state index contributed by atoms with van der Waals surface area (Å²) in [5, 5.41) is 0.139. The fourth-order valence-electron chi connectivity index (χ4n) is 3.14. The Bertz CT molecular complexity index is 1200. The second-order valence-electron chi connectivity index (χ2n) is 7.07. The number of carbonyl (C=O) groups excluding carboxylic acids is 2. The van der Waals surface area contributed by atoms with E-state index in [4.69, 9.17) is 21.1 Å². The summed E-state index contributed by atoms with van der Waals surface area (Å²) >= 11 is 10.4. The summed E-state index contributed by atoms with van der Waals surface area (Å²) in [5.74, 6) is 0.772. The summed E-state index contributed by atoms with van der Waals surface area (Å²) in [6.45, 7) is 0.671. The monoisotopic (exact) mass is 543 g/mol. The Morgan fingerprint density at radius 3 is 2.48 bits per heavy atom. The Morgan fingerprint density at radius 2 is 1.70 bits per heavy atom. The first-order valence-electron chi connectivity index (χ1n) is 10.1. The van der Waals surface area contributed by atoms with Crippen LogP contribution in [0.25, 0.3) is 6.08 Å². The molecule has 33 heavy (non-hydrogen) atoms. The quantitative estimate of drug-likeness (QED) is 0.292. The molecule has 1 heterocycles. The highest BCUT2D eigenvalue weighted by atomic mass is 79.9. The third-order valence-corrected chi connectivity index (χ3v) is 6.49. The van der Waals surface area contributed by atoms with Gasteiger partial charge in [0.2, 0.25) is 0 Å². The number of halogens is 2. The van der Waals surface area contributed by atoms with Crippen molar-refractivity contribution in [3.8, 4) is 11.5 Å². The number of benzene rings is 3. The number of amides is 2. The number of carbonyl (C=O) groups is 2. The molecule has 5 nitrogen and oxygen atoms in total. The van der Waals surface area contributed by atoms with Gasteiger partial charge in [0.15, 0.2) is 0 Å². The fourth-order valence-corrected chi connectivity index (χ4v) is 4.57. The van der Waals surface area contributed by atoms with Crippen molar-refractivity contribution in [3.05, 3.63) is 98.3 Å². The van der Waals surface area contributed by atoms with E-state index in [-0.39, 0.29) is 24.3 Å². The smallest absolute Gasteiger partial charge is 0.293 e. The third kappa shape index (κ3) is 5.99. The third-order valence-electron chi connectivity index (χ3n) is 4.78. The zero-order chi connectivity index (χ0) is 23.2. The summed E-state index contributed by atoms with van der Waals surface area (Å²) in [7, 11) is 0. The standard InChI is InChI=1S/C25H19BrClNO4S/c26-19-10-11-21(32-16-17-6-2-1-3-7-17)18(14-19)15-23-24(29)28(25(30)33-23)12-13-31-22-9-5-4-8-20(22)27/h1-11,14-15H,12-13,16H2/b23-15-. The Hall–Kier alpha value is -2.74. The van der Waals surface area contributed by atoms with Crippen LogP contribution in [0.5, 0.6) is 11.5 Å². The molecule has 4 rings (SSSR count). The Morgan fingerprint density at radius 1 is 0.939 bits per heavy atom. The van der Waals surface area contributed by atoms with Gasteiger partial charge in [-0.3, -0.25) is 14.5 Å². The van der Waals surface area contributed by atoms with Gasteiger partial charge in [0.05, 0.1) is 16.5 Å². The predicted octanol–water partition coefficient (Wildman–Crippen LogP) is 6.80. The summed E-state index contributed by atoms with van der Waals surface area (Å²) in [4.78, 5) is 26.9. The van der Waals surface area contributed by atoms with Crippen molar-refractivity contribution in [2.45, 2.75) is 6.61 Å². The summed E-state index contributed by atoms with van der Waals surface area (Å²) in [6, 6.07) is 22.4. The van der Waals surface area contributed by atoms with Gasteiger partial charge in [-0.2, -0.15) is 0 Å². The second-order valence-corrected chi connectivity index (χ2v) is 9.38. The van der Waals surface area contributed by atoms with Crippen LogP contribution in [0.4, 0.5) is 4.79 Å². The highest BCUT2D eigenvalue weighted by Crippen LogP contribution is 2.35. The average Bonchev–Trinajstić information content (AvgIpc) is 3.08. The molecule has 0 spiro atoms. The van der Waals surface area contributed by atoms with Crippen LogP contribution in [-0.2, 0) is 11.4 Å². The van der Waals surface area contributed by atoms with Crippen molar-refractivity contribution in [2.24, 2.45) is 0 Å². The number of imide groups is 1. The van der Waals surface area contributed by atoms with Gasteiger partial charge in [-0.15, -0.1) is 0 Å². The van der Waals surface area contributed by atoms with Crippen LogP contribution in [0.15, 0.2) is 82.2 Å². The first kappa shape index (κ1) is 23.4. The van der Waals surface area contributed by atoms with E-state index >= 15 is 0 Å². The highest BCUT2D eigenvalue weighted by molar-refractivity contribution is 9.10. The number of para-hydroxylation sites is 1. The van der Waals surface area contributed by atoms with Crippen molar-refractivity contribution in [1.29, 1.82) is 0 Å². The Labute approximate surface area is 209 Å². The van der Waals surface area contributed by atoms with Crippen LogP contribution in [0.1, 0.15) is 11.1 Å². The van der Waals surface area contributed by atoms with Crippen molar-refractivity contribution in [3.63, 3.8) is 0 Å². The van der Waals surface area contributed by atoms with E-state index in [0.717, 1.165) is 21.8 Å². The first-order chi connectivity index (χ1) is 16.0. The lowest BCUT2D eigenvalue weighted by Gasteiger charge is -2.14. The van der Waals surface area contributed by atoms with Crippen molar-refractivity contribution >= 4 is 56.5 Å². The molecule has 0 unspecified atom stereocenters. The first-order valence-corrected chi connectivity index (χ1v) is 12.1. The number of hydrogen-bond acceptors (Lipinski definition) is 5. The average molecular weight is 545 g/mol. The van der Waals surface area contributed by atoms with E-state index in [1.807, 2.05) is 48.5 Å². The van der Waals surface area contributed by atoms with Crippen LogP contribution < -0.4 is 9.47 Å². The number of ether oxygens (including phenoxy) is 2. The molecule has 2 amide bonds. The maximum atomic E-state index is 12.9. The van der Waals surface area contributed by atoms with Crippen molar-refractivity contribution in [1.82, 2.24) is 4.90 Å². The van der Waals surface area contributed by atoms with E-state index in [2.05, 4.69) is 15.9 Å². The Balaban J connectivity index is 1.45. The molecule has 0 radical (unpaired) electrons. The molecular formula is C25H19BrClNO4S. The summed E-state index contributed by atoms with van der Waals surface area (Å²) in [6.07, 6.45) is 1.69. The molecule has 8 heteroatoms. The van der Waals surface area contributed by atoms with Gasteiger partial charge in [0.1, 0.15) is 24.7 Å². The zero-order valence-corrected chi connectivity index (χ0v) is 20.5. The number of rotatable bonds is 8. The van der Waals surface area contributed by atoms with Gasteiger partial charge in [0, 0.05) is 10.0 Å². The number of hydrogen-bond donors (Lipinski definition) is 0. The van der Waals surface area contributed by atoms with Crippen molar-refractivity contribution in [2.75, 3.05) is 13.2 Å². The minimum absolute atomic E-state index is 0.128. The molecule has 1 aliphatic heterocycles. The normalized spacial score (nSPS) is 14.7. The summed E-state index contributed by atoms with van der Waals surface area (Å²) in [5.41, 5.74) is 1.74. The van der Waals surface area contributed by atoms with Crippen LogP contribution >= 0.6 is 39.3 Å². The van der Waals surface area contributed by atoms with Crippen LogP contribution in [0.3, 0.4) is 0 Å². The molecule has 0 saturated carbocycles. The van der Waals surface area contributed by atoms with E-state index < -0.39 is 0 Å². The molecule has 1 aliphatic rings. The Kier molecular flexibility index (Phi) is 7.75. The maximum absolute atomic E-state index is 12.9. The van der Waals surface area contributed by atoms with Gasteiger partial charge in [-0.25, -0.2) is 0 Å². The van der Waals surface area contributed by atoms with Crippen molar-refractivity contribution < 1.29 is 19.1 Å². The molecule has 168 valence electrons. The minimum Gasteiger partial charge on any atom is -0.490 e. The minimum atomic E-state index is -0.359. The zero-order valence-electron chi connectivity index (χ0n) is 17.4. The lowest BCUT2D eigenvalue weighted by atomic mass is 10.1. The van der Waals surface area contributed by atoms with E-state index in [9.17, 15) is 9.59 Å². The van der Waals surface area contributed by atoms with Crippen LogP contribution in [-0.4, -0.2) is 29.2 Å². The SMILES string of the molecule is O=C1S/C(=C\c2cc(Br)ccc2OCc2ccccc2)C(=O)N1CCOc1ccccc1Cl. The molecular weight excluding hydrogens is 526 g/mol. The fraction of sp³-hybridized carbons (Fsp3) is 0.120. The number of thioether (sulfide) groups is 1. The molecule has 3 aromatic carbocycles. The van der Waals surface area contributed by atoms with Gasteiger partial charge >= 0.3 is 0 Å². The van der Waals surface area contributed by atoms with Gasteiger partial charge in [-0.05, 0) is 53.7 Å². The largest absolute Gasteiger partial charge is 0.490 e. The van der Waals surface area contributed by atoms with Crippen LogP contribution in [0, 0.1) is 0 Å². The molecule has 1 saturated heterocycles. The van der Waals surface area contributed by atoms with Crippen LogP contribution in [0.2, 0.25) is 5.02 Å². The van der Waals surface area contributed by atoms with Gasteiger partial charge in [-0.1, -0.05) is 70.0 Å². The van der Waals surface area contributed by atoms with Gasteiger partial charge in [0.25, 0.3) is 11.1 Å². The lowest BCUT2D eigenvalue weighted by Crippen LogP contribution is -2.32. The summed E-state index contributed by atoms with van der Waals surface area (Å²) < 4.78 is 12.5. The predicted molar refractivity (Wildman–Crippen MR) is 135 cm³/mol.